The van der Waals surface area contributed by atoms with Gasteiger partial charge in [-0.1, -0.05) is 40.2 Å². The highest BCUT2D eigenvalue weighted by molar-refractivity contribution is 9.10. The van der Waals surface area contributed by atoms with Crippen molar-refractivity contribution in [1.29, 1.82) is 0 Å². The number of H-pyrrole nitrogens is 1. The Morgan fingerprint density at radius 2 is 1.76 bits per heavy atom. The number of phenols is 1. The van der Waals surface area contributed by atoms with E-state index in [1.165, 1.54) is 30.8 Å². The zero-order valence-electron chi connectivity index (χ0n) is 15.6. The van der Waals surface area contributed by atoms with E-state index in [0.29, 0.717) is 11.1 Å². The maximum absolute atomic E-state index is 13.3. The van der Waals surface area contributed by atoms with Crippen LogP contribution >= 0.6 is 15.9 Å². The summed E-state index contributed by atoms with van der Waals surface area (Å²) in [7, 11) is 2.92. The van der Waals surface area contributed by atoms with E-state index in [1.807, 2.05) is 6.07 Å². The normalized spacial score (nSPS) is 11.1. The number of hydrogen-bond donors (Lipinski definition) is 2. The number of aromatic amines is 1. The predicted molar refractivity (Wildman–Crippen MR) is 113 cm³/mol. The topological polar surface area (TPSA) is 97.1 Å². The van der Waals surface area contributed by atoms with Crippen LogP contribution in [0.5, 0.6) is 5.75 Å². The van der Waals surface area contributed by atoms with E-state index < -0.39 is 17.0 Å². The van der Waals surface area contributed by atoms with E-state index >= 15 is 0 Å². The van der Waals surface area contributed by atoms with Gasteiger partial charge in [0.05, 0.1) is 16.6 Å². The first-order valence-corrected chi connectivity index (χ1v) is 9.51. The second-order valence-corrected chi connectivity index (χ2v) is 7.58. The Morgan fingerprint density at radius 3 is 2.45 bits per heavy atom. The molecule has 2 N–H and O–H groups in total. The Morgan fingerprint density at radius 1 is 1.03 bits per heavy atom. The first-order valence-electron chi connectivity index (χ1n) is 8.71. The van der Waals surface area contributed by atoms with Gasteiger partial charge >= 0.3 is 5.69 Å². The molecule has 0 spiro atoms. The fourth-order valence-electron chi connectivity index (χ4n) is 3.43. The third-order valence-corrected chi connectivity index (χ3v) is 5.39. The van der Waals surface area contributed by atoms with Crippen LogP contribution < -0.4 is 11.2 Å². The molecule has 8 heteroatoms. The monoisotopic (exact) mass is 453 g/mol. The molecule has 7 nitrogen and oxygen atoms in total. The molecule has 2 aromatic heterocycles. The van der Waals surface area contributed by atoms with Crippen LogP contribution in [0.3, 0.4) is 0 Å². The Balaban J connectivity index is 2.16. The van der Waals surface area contributed by atoms with Crippen molar-refractivity contribution in [3.05, 3.63) is 85.1 Å². The molecule has 0 aliphatic carbocycles. The van der Waals surface area contributed by atoms with E-state index in [2.05, 4.69) is 20.9 Å². The highest BCUT2D eigenvalue weighted by Gasteiger charge is 2.26. The molecular weight excluding hydrogens is 438 g/mol. The van der Waals surface area contributed by atoms with E-state index in [9.17, 15) is 19.5 Å². The average molecular weight is 454 g/mol. The highest BCUT2D eigenvalue weighted by Crippen LogP contribution is 2.34. The van der Waals surface area contributed by atoms with Gasteiger partial charge in [0, 0.05) is 24.1 Å². The molecule has 0 saturated carbocycles. The Bertz CT molecular complexity index is 1410. The zero-order chi connectivity index (χ0) is 20.9. The number of aryl methyl sites for hydroxylation is 1. The number of carbonyl (C=O) groups is 1. The largest absolute Gasteiger partial charge is 0.507 e. The lowest BCUT2D eigenvalue weighted by atomic mass is 9.98. The lowest BCUT2D eigenvalue weighted by Gasteiger charge is -2.07. The van der Waals surface area contributed by atoms with Gasteiger partial charge in [0.25, 0.3) is 5.56 Å². The van der Waals surface area contributed by atoms with Crippen molar-refractivity contribution < 1.29 is 9.90 Å². The number of ketones is 1. The van der Waals surface area contributed by atoms with Crippen LogP contribution in [0, 0.1) is 0 Å². The van der Waals surface area contributed by atoms with Crippen LogP contribution in [0.1, 0.15) is 16.1 Å². The van der Waals surface area contributed by atoms with Crippen molar-refractivity contribution in [3.8, 4) is 16.9 Å². The highest BCUT2D eigenvalue weighted by atomic mass is 79.9. The molecular formula is C21H16BrN3O4. The number of carbonyl (C=O) groups excluding carboxylic acids is 1. The first kappa shape index (κ1) is 18.9. The third-order valence-electron chi connectivity index (χ3n) is 4.90. The van der Waals surface area contributed by atoms with Gasteiger partial charge in [-0.25, -0.2) is 4.79 Å². The SMILES string of the molecule is Cn1c(=O)c2c(-c3cccc(Br)c3)c(C(=O)c3ccccc3O)[nH]c2n(C)c1=O. The molecule has 0 unspecified atom stereocenters. The molecule has 0 radical (unpaired) electrons. The van der Waals surface area contributed by atoms with E-state index in [4.69, 9.17) is 0 Å². The van der Waals surface area contributed by atoms with Crippen molar-refractivity contribution in [2.24, 2.45) is 14.1 Å². The summed E-state index contributed by atoms with van der Waals surface area (Å²) in [6.45, 7) is 0. The molecule has 0 fully saturated rings. The Labute approximate surface area is 173 Å². The first-order chi connectivity index (χ1) is 13.8. The van der Waals surface area contributed by atoms with Gasteiger partial charge in [0.1, 0.15) is 11.4 Å². The number of aromatic nitrogens is 3. The summed E-state index contributed by atoms with van der Waals surface area (Å²) in [4.78, 5) is 41.6. The molecule has 2 heterocycles. The van der Waals surface area contributed by atoms with Gasteiger partial charge in [-0.2, -0.15) is 0 Å². The molecule has 2 aromatic carbocycles. The number of benzene rings is 2. The van der Waals surface area contributed by atoms with E-state index in [1.54, 1.807) is 30.3 Å². The van der Waals surface area contributed by atoms with Gasteiger partial charge in [-0.05, 0) is 29.8 Å². The van der Waals surface area contributed by atoms with Gasteiger partial charge in [0.15, 0.2) is 0 Å². The molecule has 0 bridgehead atoms. The number of rotatable bonds is 3. The standard InChI is InChI=1S/C21H16BrN3O4/c1-24-19-16(20(28)25(2)21(24)29)15(11-6-5-7-12(22)10-11)17(23-19)18(27)13-8-3-4-9-14(13)26/h3-10,23,26H,1-2H3. The lowest BCUT2D eigenvalue weighted by Crippen LogP contribution is -2.36. The van der Waals surface area contributed by atoms with Gasteiger partial charge < -0.3 is 10.1 Å². The summed E-state index contributed by atoms with van der Waals surface area (Å²) in [5.74, 6) is -0.651. The maximum Gasteiger partial charge on any atom is 0.332 e. The van der Waals surface area contributed by atoms with E-state index in [0.717, 1.165) is 9.04 Å². The van der Waals surface area contributed by atoms with Crippen LogP contribution in [0.4, 0.5) is 0 Å². The van der Waals surface area contributed by atoms with Gasteiger partial charge in [-0.15, -0.1) is 0 Å². The van der Waals surface area contributed by atoms with Gasteiger partial charge in [-0.3, -0.25) is 18.7 Å². The van der Waals surface area contributed by atoms with Crippen LogP contribution in [-0.2, 0) is 14.1 Å². The zero-order valence-corrected chi connectivity index (χ0v) is 17.1. The minimum atomic E-state index is -0.509. The maximum atomic E-state index is 13.3. The van der Waals surface area contributed by atoms with Crippen LogP contribution in [-0.4, -0.2) is 25.0 Å². The summed E-state index contributed by atoms with van der Waals surface area (Å²) < 4.78 is 3.07. The summed E-state index contributed by atoms with van der Waals surface area (Å²) in [5, 5.41) is 10.4. The van der Waals surface area contributed by atoms with Crippen molar-refractivity contribution in [2.45, 2.75) is 0 Å². The van der Waals surface area contributed by atoms with E-state index in [-0.39, 0.29) is 28.0 Å². The number of phenolic OH excluding ortho intramolecular Hbond substituents is 1. The molecule has 146 valence electrons. The Hall–Kier alpha value is -3.39. The average Bonchev–Trinajstić information content (AvgIpc) is 3.11. The third kappa shape index (κ3) is 2.92. The molecule has 0 amide bonds. The van der Waals surface area contributed by atoms with Crippen molar-refractivity contribution >= 4 is 32.7 Å². The number of aromatic hydroxyl groups is 1. The minimum absolute atomic E-state index is 0.0946. The number of halogens is 1. The van der Waals surface area contributed by atoms with Crippen molar-refractivity contribution in [2.75, 3.05) is 0 Å². The van der Waals surface area contributed by atoms with Crippen molar-refractivity contribution in [3.63, 3.8) is 0 Å². The molecule has 0 saturated heterocycles. The molecule has 4 rings (SSSR count). The number of nitrogens with zero attached hydrogens (tertiary/aromatic N) is 2. The molecule has 29 heavy (non-hydrogen) atoms. The number of nitrogens with one attached hydrogen (secondary N) is 1. The predicted octanol–water partition coefficient (Wildman–Crippen LogP) is 2.93. The molecule has 0 aliphatic rings. The summed E-state index contributed by atoms with van der Waals surface area (Å²) in [5.41, 5.74) is 0.449. The van der Waals surface area contributed by atoms with Crippen molar-refractivity contribution in [1.82, 2.24) is 14.1 Å². The summed E-state index contributed by atoms with van der Waals surface area (Å²) >= 11 is 3.42. The fourth-order valence-corrected chi connectivity index (χ4v) is 3.82. The molecule has 0 atom stereocenters. The minimum Gasteiger partial charge on any atom is -0.507 e. The lowest BCUT2D eigenvalue weighted by molar-refractivity contribution is 0.103. The second kappa shape index (κ2) is 6.89. The Kier molecular flexibility index (Phi) is 4.50. The number of fused-ring (bicyclic) bond motifs is 1. The summed E-state index contributed by atoms with van der Waals surface area (Å²) in [6, 6.07) is 13.4. The quantitative estimate of drug-likeness (QED) is 0.466. The number of para-hydroxylation sites is 1. The fraction of sp³-hybridized carbons (Fsp3) is 0.0952. The smallest absolute Gasteiger partial charge is 0.332 e. The van der Waals surface area contributed by atoms with Gasteiger partial charge in [0.2, 0.25) is 5.78 Å². The van der Waals surface area contributed by atoms with Crippen LogP contribution in [0.2, 0.25) is 0 Å². The number of hydrogen-bond acceptors (Lipinski definition) is 4. The second-order valence-electron chi connectivity index (χ2n) is 6.66. The summed E-state index contributed by atoms with van der Waals surface area (Å²) in [6.07, 6.45) is 0. The van der Waals surface area contributed by atoms with Crippen LogP contribution in [0.25, 0.3) is 22.2 Å². The molecule has 4 aromatic rings. The molecule has 0 aliphatic heterocycles. The van der Waals surface area contributed by atoms with Crippen LogP contribution in [0.15, 0.2) is 62.6 Å².